The molecule has 1 amide bonds. The topological polar surface area (TPSA) is 32.3 Å². The third-order valence-corrected chi connectivity index (χ3v) is 3.74. The van der Waals surface area contributed by atoms with Gasteiger partial charge in [-0.05, 0) is 40.2 Å². The number of anilines is 1. The Bertz CT molecular complexity index is 619. The standard InChI is InChI=1S/C16H16BrFN2O/c1-20(12-6-3-2-4-7-12)11-10-19-16(21)13-8-5-9-14(17)15(13)18/h2-9H,10-11H2,1H3,(H,19,21). The van der Waals surface area contributed by atoms with Crippen LogP contribution in [0.3, 0.4) is 0 Å². The lowest BCUT2D eigenvalue weighted by Crippen LogP contribution is -2.33. The molecule has 0 aliphatic heterocycles. The Morgan fingerprint density at radius 1 is 1.19 bits per heavy atom. The normalized spacial score (nSPS) is 10.2. The molecular formula is C16H16BrFN2O. The number of nitrogens with zero attached hydrogens (tertiary/aromatic N) is 1. The molecule has 2 rings (SSSR count). The molecule has 5 heteroatoms. The summed E-state index contributed by atoms with van der Waals surface area (Å²) in [5, 5.41) is 2.73. The highest BCUT2D eigenvalue weighted by Crippen LogP contribution is 2.18. The summed E-state index contributed by atoms with van der Waals surface area (Å²) in [4.78, 5) is 14.0. The zero-order chi connectivity index (χ0) is 15.2. The lowest BCUT2D eigenvalue weighted by molar-refractivity contribution is 0.0950. The number of benzene rings is 2. The Balaban J connectivity index is 1.89. The maximum absolute atomic E-state index is 13.8. The van der Waals surface area contributed by atoms with Gasteiger partial charge in [0.15, 0.2) is 0 Å². The van der Waals surface area contributed by atoms with Gasteiger partial charge in [-0.15, -0.1) is 0 Å². The van der Waals surface area contributed by atoms with Crippen LogP contribution < -0.4 is 10.2 Å². The van der Waals surface area contributed by atoms with E-state index in [4.69, 9.17) is 0 Å². The van der Waals surface area contributed by atoms with Crippen molar-refractivity contribution in [2.24, 2.45) is 0 Å². The third-order valence-electron chi connectivity index (χ3n) is 3.13. The first-order valence-electron chi connectivity index (χ1n) is 6.58. The van der Waals surface area contributed by atoms with E-state index in [0.717, 1.165) is 5.69 Å². The van der Waals surface area contributed by atoms with Gasteiger partial charge in [-0.3, -0.25) is 4.79 Å². The van der Waals surface area contributed by atoms with E-state index in [1.54, 1.807) is 12.1 Å². The number of carbonyl (C=O) groups is 1. The molecular weight excluding hydrogens is 335 g/mol. The van der Waals surface area contributed by atoms with Crippen LogP contribution in [-0.4, -0.2) is 26.0 Å². The van der Waals surface area contributed by atoms with Gasteiger partial charge in [-0.25, -0.2) is 4.39 Å². The van der Waals surface area contributed by atoms with E-state index in [1.165, 1.54) is 6.07 Å². The van der Waals surface area contributed by atoms with Crippen LogP contribution in [0.25, 0.3) is 0 Å². The fourth-order valence-corrected chi connectivity index (χ4v) is 2.29. The summed E-state index contributed by atoms with van der Waals surface area (Å²) in [6.45, 7) is 1.08. The number of likely N-dealkylation sites (N-methyl/N-ethyl adjacent to an activating group) is 1. The first-order chi connectivity index (χ1) is 10.1. The molecule has 0 atom stereocenters. The van der Waals surface area contributed by atoms with Gasteiger partial charge >= 0.3 is 0 Å². The summed E-state index contributed by atoms with van der Waals surface area (Å²) >= 11 is 3.07. The highest BCUT2D eigenvalue weighted by molar-refractivity contribution is 9.10. The summed E-state index contributed by atoms with van der Waals surface area (Å²) in [5.41, 5.74) is 1.12. The van der Waals surface area contributed by atoms with Crippen LogP contribution in [0.4, 0.5) is 10.1 Å². The summed E-state index contributed by atoms with van der Waals surface area (Å²) in [5.74, 6) is -0.943. The van der Waals surface area contributed by atoms with Crippen molar-refractivity contribution < 1.29 is 9.18 Å². The molecule has 1 N–H and O–H groups in total. The van der Waals surface area contributed by atoms with Gasteiger partial charge in [0.25, 0.3) is 5.91 Å². The van der Waals surface area contributed by atoms with Crippen LogP contribution in [-0.2, 0) is 0 Å². The molecule has 110 valence electrons. The summed E-state index contributed by atoms with van der Waals surface area (Å²) in [7, 11) is 1.95. The van der Waals surface area contributed by atoms with Crippen molar-refractivity contribution >= 4 is 27.5 Å². The van der Waals surface area contributed by atoms with Crippen molar-refractivity contribution in [3.8, 4) is 0 Å². The number of carbonyl (C=O) groups excluding carboxylic acids is 1. The van der Waals surface area contributed by atoms with E-state index < -0.39 is 11.7 Å². The molecule has 3 nitrogen and oxygen atoms in total. The van der Waals surface area contributed by atoms with E-state index in [1.807, 2.05) is 42.3 Å². The second-order valence-electron chi connectivity index (χ2n) is 4.61. The second-order valence-corrected chi connectivity index (χ2v) is 5.47. The first kappa shape index (κ1) is 15.5. The predicted octanol–water partition coefficient (Wildman–Crippen LogP) is 3.45. The lowest BCUT2D eigenvalue weighted by atomic mass is 10.2. The minimum absolute atomic E-state index is 0.0479. The zero-order valence-electron chi connectivity index (χ0n) is 11.6. The number of hydrogen-bond acceptors (Lipinski definition) is 2. The fourth-order valence-electron chi connectivity index (χ4n) is 1.92. The molecule has 0 spiro atoms. The van der Waals surface area contributed by atoms with Gasteiger partial charge in [0.1, 0.15) is 5.82 Å². The highest BCUT2D eigenvalue weighted by atomic mass is 79.9. The summed E-state index contributed by atoms with van der Waals surface area (Å²) in [6, 6.07) is 14.5. The minimum atomic E-state index is -0.536. The molecule has 0 saturated heterocycles. The minimum Gasteiger partial charge on any atom is -0.373 e. The van der Waals surface area contributed by atoms with Crippen LogP contribution in [0.5, 0.6) is 0 Å². The molecule has 0 fully saturated rings. The van der Waals surface area contributed by atoms with Crippen LogP contribution >= 0.6 is 15.9 Å². The molecule has 0 aromatic heterocycles. The van der Waals surface area contributed by atoms with Crippen LogP contribution in [0, 0.1) is 5.82 Å². The zero-order valence-corrected chi connectivity index (χ0v) is 13.2. The maximum atomic E-state index is 13.8. The number of nitrogens with one attached hydrogen (secondary N) is 1. The van der Waals surface area contributed by atoms with Gasteiger partial charge < -0.3 is 10.2 Å². The molecule has 0 aliphatic rings. The predicted molar refractivity (Wildman–Crippen MR) is 86.1 cm³/mol. The van der Waals surface area contributed by atoms with Crippen molar-refractivity contribution in [3.05, 3.63) is 64.4 Å². The van der Waals surface area contributed by atoms with Crippen LogP contribution in [0.1, 0.15) is 10.4 Å². The van der Waals surface area contributed by atoms with Crippen molar-refractivity contribution in [1.82, 2.24) is 5.32 Å². The molecule has 0 saturated carbocycles. The highest BCUT2D eigenvalue weighted by Gasteiger charge is 2.13. The van der Waals surface area contributed by atoms with Gasteiger partial charge in [0, 0.05) is 25.8 Å². The third kappa shape index (κ3) is 4.04. The van der Waals surface area contributed by atoms with Gasteiger partial charge in [0.05, 0.1) is 10.0 Å². The van der Waals surface area contributed by atoms with Crippen molar-refractivity contribution in [3.63, 3.8) is 0 Å². The average molecular weight is 351 g/mol. The molecule has 0 unspecified atom stereocenters. The number of halogens is 2. The second kappa shape index (κ2) is 7.22. The van der Waals surface area contributed by atoms with Crippen LogP contribution in [0.2, 0.25) is 0 Å². The fraction of sp³-hybridized carbons (Fsp3) is 0.188. The SMILES string of the molecule is CN(CCNC(=O)c1cccc(Br)c1F)c1ccccc1. The number of amides is 1. The molecule has 2 aromatic rings. The maximum Gasteiger partial charge on any atom is 0.254 e. The van der Waals surface area contributed by atoms with Gasteiger partial charge in [-0.1, -0.05) is 24.3 Å². The number of rotatable bonds is 5. The Labute approximate surface area is 131 Å². The van der Waals surface area contributed by atoms with Crippen molar-refractivity contribution in [1.29, 1.82) is 0 Å². The summed E-state index contributed by atoms with van der Waals surface area (Å²) < 4.78 is 14.1. The Morgan fingerprint density at radius 3 is 2.62 bits per heavy atom. The Kier molecular flexibility index (Phi) is 5.33. The van der Waals surface area contributed by atoms with E-state index in [-0.39, 0.29) is 10.0 Å². The quantitative estimate of drug-likeness (QED) is 0.895. The molecule has 21 heavy (non-hydrogen) atoms. The smallest absolute Gasteiger partial charge is 0.254 e. The van der Waals surface area contributed by atoms with Gasteiger partial charge in [-0.2, -0.15) is 0 Å². The Morgan fingerprint density at radius 2 is 1.90 bits per heavy atom. The average Bonchev–Trinajstić information content (AvgIpc) is 2.50. The largest absolute Gasteiger partial charge is 0.373 e. The van der Waals surface area contributed by atoms with Crippen molar-refractivity contribution in [2.75, 3.05) is 25.0 Å². The van der Waals surface area contributed by atoms with E-state index in [0.29, 0.717) is 13.1 Å². The Hall–Kier alpha value is -1.88. The van der Waals surface area contributed by atoms with E-state index in [2.05, 4.69) is 21.2 Å². The van der Waals surface area contributed by atoms with Gasteiger partial charge in [0.2, 0.25) is 0 Å². The molecule has 0 bridgehead atoms. The van der Waals surface area contributed by atoms with E-state index >= 15 is 0 Å². The van der Waals surface area contributed by atoms with Crippen LogP contribution in [0.15, 0.2) is 53.0 Å². The van der Waals surface area contributed by atoms with Crippen molar-refractivity contribution in [2.45, 2.75) is 0 Å². The first-order valence-corrected chi connectivity index (χ1v) is 7.37. The lowest BCUT2D eigenvalue weighted by Gasteiger charge is -2.19. The van der Waals surface area contributed by atoms with E-state index in [9.17, 15) is 9.18 Å². The number of hydrogen-bond donors (Lipinski definition) is 1. The molecule has 0 aliphatic carbocycles. The monoisotopic (exact) mass is 350 g/mol. The molecule has 0 heterocycles. The molecule has 0 radical (unpaired) electrons. The molecule has 2 aromatic carbocycles. The number of para-hydroxylation sites is 1. The summed E-state index contributed by atoms with van der Waals surface area (Å²) in [6.07, 6.45) is 0.